The van der Waals surface area contributed by atoms with Crippen LogP contribution in [0.4, 0.5) is 0 Å². The first-order chi connectivity index (χ1) is 14.2. The van der Waals surface area contributed by atoms with E-state index in [1.54, 1.807) is 0 Å². The summed E-state index contributed by atoms with van der Waals surface area (Å²) >= 11 is 0. The van der Waals surface area contributed by atoms with Crippen LogP contribution in [-0.4, -0.2) is 51.3 Å². The monoisotopic (exact) mass is 523 g/mol. The van der Waals surface area contributed by atoms with Gasteiger partial charge in [0, 0.05) is 45.2 Å². The van der Waals surface area contributed by atoms with E-state index in [1.165, 1.54) is 18.4 Å². The van der Waals surface area contributed by atoms with Gasteiger partial charge in [0.25, 0.3) is 0 Å². The Labute approximate surface area is 196 Å². The van der Waals surface area contributed by atoms with Gasteiger partial charge < -0.3 is 15.2 Å². The molecule has 2 N–H and O–H groups in total. The minimum Gasteiger partial charge on any atom is -0.354 e. The van der Waals surface area contributed by atoms with Crippen molar-refractivity contribution >= 4 is 29.9 Å². The number of hydrogen-bond donors (Lipinski definition) is 2. The number of fused-ring (bicyclic) bond motifs is 1. The van der Waals surface area contributed by atoms with E-state index in [0.717, 1.165) is 56.5 Å². The van der Waals surface area contributed by atoms with Crippen molar-refractivity contribution in [3.05, 3.63) is 47.5 Å². The maximum Gasteiger partial charge on any atom is 0.191 e. The summed E-state index contributed by atoms with van der Waals surface area (Å²) < 4.78 is 2.26. The number of likely N-dealkylation sites (tertiary alicyclic amines) is 1. The molecule has 1 aromatic heterocycles. The Morgan fingerprint density at radius 2 is 2.00 bits per heavy atom. The highest BCUT2D eigenvalue weighted by Crippen LogP contribution is 2.20. The topological polar surface area (TPSA) is 70.4 Å². The number of aliphatic imine (C=N–C) groups is 1. The number of nitrogens with zero attached hydrogens (tertiary/aromatic N) is 5. The third kappa shape index (κ3) is 5.72. The van der Waals surface area contributed by atoms with Gasteiger partial charge in [-0.2, -0.15) is 0 Å². The van der Waals surface area contributed by atoms with Crippen LogP contribution in [0.25, 0.3) is 0 Å². The fourth-order valence-electron chi connectivity index (χ4n) is 4.45. The third-order valence-corrected chi connectivity index (χ3v) is 6.16. The summed E-state index contributed by atoms with van der Waals surface area (Å²) in [7, 11) is 1.84. The number of aromatic nitrogens is 3. The van der Waals surface area contributed by atoms with Gasteiger partial charge in [-0.25, -0.2) is 0 Å². The number of halogens is 1. The molecule has 0 aliphatic carbocycles. The van der Waals surface area contributed by atoms with Crippen molar-refractivity contribution in [2.45, 2.75) is 70.7 Å². The summed E-state index contributed by atoms with van der Waals surface area (Å²) in [6.45, 7) is 6.15. The molecule has 30 heavy (non-hydrogen) atoms. The molecule has 8 heteroatoms. The molecule has 2 unspecified atom stereocenters. The first-order valence-corrected chi connectivity index (χ1v) is 10.9. The lowest BCUT2D eigenvalue weighted by molar-refractivity contribution is 0.134. The predicted molar refractivity (Wildman–Crippen MR) is 131 cm³/mol. The number of hydrogen-bond acceptors (Lipinski definition) is 4. The second-order valence-corrected chi connectivity index (χ2v) is 8.24. The molecule has 4 rings (SSSR count). The van der Waals surface area contributed by atoms with Crippen LogP contribution in [0.5, 0.6) is 0 Å². The van der Waals surface area contributed by atoms with Gasteiger partial charge in [0.1, 0.15) is 5.82 Å². The van der Waals surface area contributed by atoms with E-state index < -0.39 is 0 Å². The molecule has 3 heterocycles. The largest absolute Gasteiger partial charge is 0.354 e. The Bertz CT molecular complexity index is 820. The van der Waals surface area contributed by atoms with Crippen LogP contribution in [-0.2, 0) is 26.1 Å². The van der Waals surface area contributed by atoms with Gasteiger partial charge in [0.05, 0.1) is 6.54 Å². The van der Waals surface area contributed by atoms with Gasteiger partial charge in [0.2, 0.25) is 0 Å². The molecule has 0 saturated carbocycles. The zero-order valence-electron chi connectivity index (χ0n) is 18.0. The van der Waals surface area contributed by atoms with E-state index in [4.69, 9.17) is 0 Å². The maximum absolute atomic E-state index is 4.43. The molecule has 2 aliphatic rings. The maximum atomic E-state index is 4.43. The summed E-state index contributed by atoms with van der Waals surface area (Å²) in [5, 5.41) is 15.8. The normalized spacial score (nSPS) is 22.1. The smallest absolute Gasteiger partial charge is 0.191 e. The van der Waals surface area contributed by atoms with Crippen molar-refractivity contribution in [1.82, 2.24) is 30.3 Å². The van der Waals surface area contributed by atoms with E-state index in [2.05, 4.69) is 72.5 Å². The van der Waals surface area contributed by atoms with Crippen molar-refractivity contribution < 1.29 is 0 Å². The quantitative estimate of drug-likeness (QED) is 0.359. The molecule has 1 saturated heterocycles. The molecule has 1 fully saturated rings. The summed E-state index contributed by atoms with van der Waals surface area (Å²) in [5.74, 6) is 2.98. The van der Waals surface area contributed by atoms with Crippen LogP contribution < -0.4 is 10.6 Å². The molecule has 0 amide bonds. The van der Waals surface area contributed by atoms with E-state index in [-0.39, 0.29) is 24.0 Å². The van der Waals surface area contributed by atoms with Crippen molar-refractivity contribution in [2.24, 2.45) is 4.99 Å². The minimum absolute atomic E-state index is 0. The van der Waals surface area contributed by atoms with Crippen molar-refractivity contribution in [1.29, 1.82) is 0 Å². The summed E-state index contributed by atoms with van der Waals surface area (Å²) in [5.41, 5.74) is 1.39. The van der Waals surface area contributed by atoms with Gasteiger partial charge in [-0.05, 0) is 38.2 Å². The lowest BCUT2D eigenvalue weighted by Gasteiger charge is -2.38. The molecule has 2 atom stereocenters. The molecule has 1 aromatic carbocycles. The highest BCUT2D eigenvalue weighted by molar-refractivity contribution is 14.0. The summed E-state index contributed by atoms with van der Waals surface area (Å²) in [4.78, 5) is 7.00. The van der Waals surface area contributed by atoms with Crippen LogP contribution in [0.15, 0.2) is 35.3 Å². The molecule has 2 aliphatic heterocycles. The summed E-state index contributed by atoms with van der Waals surface area (Å²) in [6.07, 6.45) is 5.71. The van der Waals surface area contributed by atoms with Gasteiger partial charge in [-0.3, -0.25) is 9.89 Å². The molecule has 164 valence electrons. The lowest BCUT2D eigenvalue weighted by Crippen LogP contribution is -2.51. The first-order valence-electron chi connectivity index (χ1n) is 10.9. The third-order valence-electron chi connectivity index (χ3n) is 6.16. The fourth-order valence-corrected chi connectivity index (χ4v) is 4.45. The van der Waals surface area contributed by atoms with Gasteiger partial charge in [-0.15, -0.1) is 34.2 Å². The van der Waals surface area contributed by atoms with Crippen molar-refractivity contribution in [3.8, 4) is 0 Å². The number of nitrogens with one attached hydrogen (secondary N) is 2. The minimum atomic E-state index is 0. The average molecular weight is 523 g/mol. The van der Waals surface area contributed by atoms with E-state index in [0.29, 0.717) is 18.6 Å². The first kappa shape index (κ1) is 23.0. The van der Waals surface area contributed by atoms with Crippen LogP contribution >= 0.6 is 24.0 Å². The van der Waals surface area contributed by atoms with Crippen molar-refractivity contribution in [3.63, 3.8) is 0 Å². The zero-order valence-corrected chi connectivity index (χ0v) is 20.4. The van der Waals surface area contributed by atoms with Crippen LogP contribution in [0.1, 0.15) is 49.8 Å². The number of aryl methyl sites for hydroxylation is 1. The van der Waals surface area contributed by atoms with Gasteiger partial charge in [-0.1, -0.05) is 30.3 Å². The average Bonchev–Trinajstić information content (AvgIpc) is 3.17. The van der Waals surface area contributed by atoms with E-state index in [9.17, 15) is 0 Å². The number of piperidine rings is 1. The number of rotatable bonds is 5. The Morgan fingerprint density at radius 1 is 1.17 bits per heavy atom. The SMILES string of the molecule is CN=C(NCc1nnc2n1CCCC2)NC1CCN(Cc2ccccc2)C(C)C1.I. The fraction of sp³-hybridized carbons (Fsp3) is 0.591. The standard InChI is InChI=1S/C22H33N7.HI/c1-17-14-19(11-13-28(17)16-18-8-4-3-5-9-18)25-22(23-2)24-15-21-27-26-20-10-6-7-12-29(20)21;/h3-5,8-9,17,19H,6-7,10-16H2,1-2H3,(H2,23,24,25);1H. The van der Waals surface area contributed by atoms with Gasteiger partial charge in [0.15, 0.2) is 11.8 Å². The molecular formula is C22H34IN7. The summed E-state index contributed by atoms with van der Waals surface area (Å²) in [6, 6.07) is 11.7. The highest BCUT2D eigenvalue weighted by Gasteiger charge is 2.26. The van der Waals surface area contributed by atoms with Crippen LogP contribution in [0, 0.1) is 0 Å². The zero-order chi connectivity index (χ0) is 20.1. The lowest BCUT2D eigenvalue weighted by atomic mass is 9.97. The number of guanidine groups is 1. The second kappa shape index (κ2) is 11.1. The molecule has 0 bridgehead atoms. The van der Waals surface area contributed by atoms with Crippen LogP contribution in [0.2, 0.25) is 0 Å². The van der Waals surface area contributed by atoms with E-state index >= 15 is 0 Å². The Hall–Kier alpha value is -1.68. The van der Waals surface area contributed by atoms with Crippen molar-refractivity contribution in [2.75, 3.05) is 13.6 Å². The predicted octanol–water partition coefficient (Wildman–Crippen LogP) is 2.95. The van der Waals surface area contributed by atoms with E-state index in [1.807, 2.05) is 7.05 Å². The Morgan fingerprint density at radius 3 is 2.77 bits per heavy atom. The molecule has 0 radical (unpaired) electrons. The molecule has 7 nitrogen and oxygen atoms in total. The second-order valence-electron chi connectivity index (χ2n) is 8.24. The molecular weight excluding hydrogens is 489 g/mol. The number of benzene rings is 1. The molecule has 2 aromatic rings. The van der Waals surface area contributed by atoms with Crippen LogP contribution in [0.3, 0.4) is 0 Å². The Balaban J connectivity index is 0.00000256. The Kier molecular flexibility index (Phi) is 8.50. The highest BCUT2D eigenvalue weighted by atomic mass is 127. The van der Waals surface area contributed by atoms with Gasteiger partial charge >= 0.3 is 0 Å². The molecule has 0 spiro atoms.